The number of aromatic nitrogens is 4. The Hall–Kier alpha value is -4.21. The second-order valence-corrected chi connectivity index (χ2v) is 12.7. The van der Waals surface area contributed by atoms with Gasteiger partial charge >= 0.3 is 198 Å². The van der Waals surface area contributed by atoms with Crippen LogP contribution in [-0.2, 0) is 39.2 Å². The molecule has 0 spiro atoms. The molecule has 0 bridgehead atoms. The second-order valence-electron chi connectivity index (χ2n) is 11.7. The summed E-state index contributed by atoms with van der Waals surface area (Å²) in [6, 6.07) is 30.6. The van der Waals surface area contributed by atoms with Gasteiger partial charge in [-0.05, 0) is 54.9 Å². The zero-order chi connectivity index (χ0) is 31.7. The van der Waals surface area contributed by atoms with Crippen LogP contribution in [0.25, 0.3) is 44.3 Å². The molecule has 1 unspecified atom stereocenters. The van der Waals surface area contributed by atoms with E-state index in [1.807, 2.05) is 71.4 Å². The molecule has 4 aromatic carbocycles. The molecule has 43 heavy (non-hydrogen) atoms. The fraction of sp³-hybridized carbons (Fsp3) is 0.189. The zero-order valence-electron chi connectivity index (χ0n) is 26.9. The van der Waals surface area contributed by atoms with Crippen molar-refractivity contribution in [2.24, 2.45) is 12.9 Å². The van der Waals surface area contributed by atoms with Gasteiger partial charge in [-0.15, -0.1) is 0 Å². The van der Waals surface area contributed by atoms with E-state index in [1.165, 1.54) is 32.9 Å². The van der Waals surface area contributed by atoms with Crippen LogP contribution >= 0.6 is 0 Å². The molecule has 1 atom stereocenters. The fourth-order valence-electron chi connectivity index (χ4n) is 6.57. The number of nitrogens with zero attached hydrogens (tertiary/aromatic N) is 4. The van der Waals surface area contributed by atoms with Gasteiger partial charge in [-0.25, -0.2) is 0 Å². The number of pyridine rings is 1. The summed E-state index contributed by atoms with van der Waals surface area (Å²) in [5.41, 5.74) is 8.53. The predicted molar refractivity (Wildman–Crippen MR) is 170 cm³/mol. The molecular formula is C37H32N4OPt. The van der Waals surface area contributed by atoms with Crippen molar-refractivity contribution in [2.75, 3.05) is 0 Å². The van der Waals surface area contributed by atoms with Gasteiger partial charge in [0.15, 0.2) is 0 Å². The normalized spacial score (nSPS) is 16.3. The summed E-state index contributed by atoms with van der Waals surface area (Å²) >= 11 is 2.10. The fourth-order valence-corrected chi connectivity index (χ4v) is 7.41. The number of fused-ring (bicyclic) bond motifs is 5. The Labute approximate surface area is 265 Å². The molecule has 0 saturated carbocycles. The van der Waals surface area contributed by atoms with Gasteiger partial charge in [0.05, 0.1) is 0 Å². The first-order valence-electron chi connectivity index (χ1n) is 16.2. The van der Waals surface area contributed by atoms with Crippen LogP contribution in [0.15, 0.2) is 97.2 Å². The molecule has 8 rings (SSSR count). The quantitative estimate of drug-likeness (QED) is 0.181. The minimum absolute atomic E-state index is 0.590. The summed E-state index contributed by atoms with van der Waals surface area (Å²) < 4.78 is 37.2. The zero-order valence-corrected chi connectivity index (χ0v) is 26.2. The third-order valence-corrected chi connectivity index (χ3v) is 9.70. The van der Waals surface area contributed by atoms with Gasteiger partial charge in [0, 0.05) is 6.20 Å². The molecule has 7 aromatic rings. The first-order chi connectivity index (χ1) is 22.2. The van der Waals surface area contributed by atoms with Gasteiger partial charge in [0.1, 0.15) is 0 Å². The molecule has 1 aliphatic rings. The summed E-state index contributed by atoms with van der Waals surface area (Å²) in [7, 11) is 0. The van der Waals surface area contributed by atoms with Crippen molar-refractivity contribution in [3.63, 3.8) is 0 Å². The van der Waals surface area contributed by atoms with E-state index in [4.69, 9.17) is 13.8 Å². The summed E-state index contributed by atoms with van der Waals surface area (Å²) in [4.78, 5) is 4.79. The van der Waals surface area contributed by atoms with Crippen molar-refractivity contribution in [2.45, 2.75) is 33.1 Å². The first kappa shape index (κ1) is 23.3. The van der Waals surface area contributed by atoms with Gasteiger partial charge in [0.25, 0.3) is 0 Å². The number of benzene rings is 4. The predicted octanol–water partition coefficient (Wildman–Crippen LogP) is 8.77. The molecular weight excluding hydrogens is 712 g/mol. The Kier molecular flexibility index (Phi) is 5.52. The minimum atomic E-state index is -2.31. The van der Waals surface area contributed by atoms with E-state index >= 15 is 0 Å². The number of para-hydroxylation sites is 2. The van der Waals surface area contributed by atoms with E-state index in [-0.39, 0.29) is 0 Å². The maximum atomic E-state index is 8.16. The van der Waals surface area contributed by atoms with Crippen LogP contribution in [0.3, 0.4) is 0 Å². The molecule has 1 aliphatic carbocycles. The summed E-state index contributed by atoms with van der Waals surface area (Å²) in [5, 5.41) is 2.40. The van der Waals surface area contributed by atoms with Crippen LogP contribution < -0.4 is 4.74 Å². The van der Waals surface area contributed by atoms with E-state index in [0.29, 0.717) is 26.7 Å². The van der Waals surface area contributed by atoms with Crippen LogP contribution in [0.1, 0.15) is 34.1 Å². The maximum absolute atomic E-state index is 8.16. The molecule has 0 N–H and O–H groups in total. The summed E-state index contributed by atoms with van der Waals surface area (Å²) in [5.74, 6) is 2.95. The Morgan fingerprint density at radius 3 is 2.51 bits per heavy atom. The van der Waals surface area contributed by atoms with Crippen molar-refractivity contribution < 1.29 is 28.2 Å². The Balaban J connectivity index is 1.25. The monoisotopic (exact) mass is 746 g/mol. The van der Waals surface area contributed by atoms with Gasteiger partial charge in [-0.3, -0.25) is 0 Å². The number of rotatable bonds is 4. The SMILES string of the molecule is [2H]C([2H])([2H])n1[c](=[Pt])n(-c2cccc(Oc3ccc4c5cc6c(cc5n(-c5cc(C)ccn5)c4c3)CCC(C)C6)c2)c2ccccc21. The third-order valence-electron chi connectivity index (χ3n) is 8.68. The van der Waals surface area contributed by atoms with Crippen molar-refractivity contribution in [1.82, 2.24) is 18.7 Å². The van der Waals surface area contributed by atoms with Crippen molar-refractivity contribution >= 4 is 32.8 Å². The van der Waals surface area contributed by atoms with Gasteiger partial charge in [0.2, 0.25) is 0 Å². The number of hydrogen-bond donors (Lipinski definition) is 0. The third kappa shape index (κ3) is 4.41. The standard InChI is InChI=1S/C37H32N4O.Pt/c1-24-11-12-26-20-35-32(19-27(26)17-24)31-14-13-30(22-36(31)41(35)37-18-25(2)15-16-38-37)42-29-8-6-7-28(21-29)40-23-39(3)33-9-4-5-10-34(33)40;/h4-10,13-16,18-22,24H,11-12,17H2,1-3H3;/i3D3;. The van der Waals surface area contributed by atoms with Gasteiger partial charge in [-0.1, -0.05) is 6.92 Å². The molecule has 0 aliphatic heterocycles. The number of hydrogen-bond acceptors (Lipinski definition) is 2. The first-order valence-corrected chi connectivity index (χ1v) is 15.8. The van der Waals surface area contributed by atoms with Gasteiger partial charge in [-0.2, -0.15) is 0 Å². The number of aryl methyl sites for hydroxylation is 3. The molecule has 0 fully saturated rings. The molecule has 3 heterocycles. The summed E-state index contributed by atoms with van der Waals surface area (Å²) in [6.07, 6.45) is 5.30. The van der Waals surface area contributed by atoms with Crippen LogP contribution in [0.4, 0.5) is 0 Å². The summed E-state index contributed by atoms with van der Waals surface area (Å²) in [6.45, 7) is 2.13. The van der Waals surface area contributed by atoms with Crippen LogP contribution in [-0.4, -0.2) is 18.7 Å². The van der Waals surface area contributed by atoms with Crippen molar-refractivity contribution in [3.05, 3.63) is 118 Å². The molecule has 5 nitrogen and oxygen atoms in total. The average molecular weight is 747 g/mol. The Morgan fingerprint density at radius 2 is 1.65 bits per heavy atom. The van der Waals surface area contributed by atoms with E-state index < -0.39 is 6.98 Å². The molecule has 0 saturated heterocycles. The van der Waals surface area contributed by atoms with E-state index in [0.717, 1.165) is 46.5 Å². The molecule has 6 heteroatoms. The Bertz CT molecular complexity index is 2380. The van der Waals surface area contributed by atoms with E-state index in [1.54, 1.807) is 0 Å². The number of ether oxygens (including phenoxy) is 1. The van der Waals surface area contributed by atoms with Crippen LogP contribution in [0.5, 0.6) is 11.5 Å². The molecule has 0 amide bonds. The van der Waals surface area contributed by atoms with E-state index in [9.17, 15) is 0 Å². The van der Waals surface area contributed by atoms with Gasteiger partial charge < -0.3 is 0 Å². The van der Waals surface area contributed by atoms with Crippen molar-refractivity contribution in [3.8, 4) is 23.0 Å². The Morgan fingerprint density at radius 1 is 0.814 bits per heavy atom. The average Bonchev–Trinajstić information content (AvgIpc) is 3.50. The van der Waals surface area contributed by atoms with Crippen LogP contribution in [0, 0.1) is 16.6 Å². The molecule has 3 aromatic heterocycles. The van der Waals surface area contributed by atoms with Crippen LogP contribution in [0.2, 0.25) is 0 Å². The number of imidazole rings is 1. The second kappa shape index (κ2) is 10.2. The molecule has 0 radical (unpaired) electrons. The topological polar surface area (TPSA) is 36.9 Å². The molecule has 216 valence electrons. The van der Waals surface area contributed by atoms with E-state index in [2.05, 4.69) is 68.1 Å². The van der Waals surface area contributed by atoms with Crippen molar-refractivity contribution in [1.29, 1.82) is 0 Å².